The minimum absolute atomic E-state index is 0.0506. The SMILES string of the molecule is N#CCCN(Cc1ccccn1)C(=O)Cc1[nH]nc2ccccc12. The Morgan fingerprint density at radius 1 is 1.21 bits per heavy atom. The molecule has 0 aliphatic carbocycles. The zero-order valence-electron chi connectivity index (χ0n) is 13.1. The van der Waals surface area contributed by atoms with Crippen LogP contribution >= 0.6 is 0 Å². The fourth-order valence-electron chi connectivity index (χ4n) is 2.58. The Morgan fingerprint density at radius 3 is 2.83 bits per heavy atom. The van der Waals surface area contributed by atoms with Crippen molar-refractivity contribution in [3.63, 3.8) is 0 Å². The van der Waals surface area contributed by atoms with Crippen molar-refractivity contribution in [3.05, 3.63) is 60.0 Å². The highest BCUT2D eigenvalue weighted by Crippen LogP contribution is 2.16. The lowest BCUT2D eigenvalue weighted by Gasteiger charge is -2.21. The van der Waals surface area contributed by atoms with Crippen molar-refractivity contribution >= 4 is 16.8 Å². The molecule has 0 aliphatic heterocycles. The van der Waals surface area contributed by atoms with Gasteiger partial charge in [0.1, 0.15) is 0 Å². The van der Waals surface area contributed by atoms with E-state index >= 15 is 0 Å². The number of nitriles is 1. The van der Waals surface area contributed by atoms with Crippen molar-refractivity contribution in [2.45, 2.75) is 19.4 Å². The quantitative estimate of drug-likeness (QED) is 0.756. The van der Waals surface area contributed by atoms with Crippen LogP contribution in [0.3, 0.4) is 0 Å². The van der Waals surface area contributed by atoms with E-state index in [9.17, 15) is 4.79 Å². The number of carbonyl (C=O) groups is 1. The van der Waals surface area contributed by atoms with Gasteiger partial charge in [-0.3, -0.25) is 14.9 Å². The summed E-state index contributed by atoms with van der Waals surface area (Å²) in [5.74, 6) is -0.0506. The molecule has 0 saturated heterocycles. The summed E-state index contributed by atoms with van der Waals surface area (Å²) >= 11 is 0. The van der Waals surface area contributed by atoms with Crippen LogP contribution < -0.4 is 0 Å². The first kappa shape index (κ1) is 15.7. The van der Waals surface area contributed by atoms with Crippen LogP contribution in [0.15, 0.2) is 48.7 Å². The van der Waals surface area contributed by atoms with Gasteiger partial charge in [-0.05, 0) is 18.2 Å². The standard InChI is InChI=1S/C18H17N5O/c19-9-5-11-23(13-14-6-3-4-10-20-14)18(24)12-17-15-7-1-2-8-16(15)21-22-17/h1-4,6-8,10H,5,11-13H2,(H,21,22). The van der Waals surface area contributed by atoms with Gasteiger partial charge in [-0.15, -0.1) is 0 Å². The Bertz CT molecular complexity index is 866. The van der Waals surface area contributed by atoms with Gasteiger partial charge >= 0.3 is 0 Å². The van der Waals surface area contributed by atoms with Crippen molar-refractivity contribution in [2.24, 2.45) is 0 Å². The van der Waals surface area contributed by atoms with Crippen LogP contribution in [0.5, 0.6) is 0 Å². The number of hydrogen-bond donors (Lipinski definition) is 1. The molecule has 0 saturated carbocycles. The Hall–Kier alpha value is -3.20. The van der Waals surface area contributed by atoms with Gasteiger partial charge in [-0.25, -0.2) is 0 Å². The van der Waals surface area contributed by atoms with E-state index in [1.54, 1.807) is 11.1 Å². The molecular weight excluding hydrogens is 302 g/mol. The number of nitrogens with zero attached hydrogens (tertiary/aromatic N) is 4. The third-order valence-electron chi connectivity index (χ3n) is 3.79. The number of fused-ring (bicyclic) bond motifs is 1. The van der Waals surface area contributed by atoms with Gasteiger partial charge in [-0.1, -0.05) is 24.3 Å². The molecule has 2 aromatic heterocycles. The first-order valence-electron chi connectivity index (χ1n) is 7.74. The van der Waals surface area contributed by atoms with Crippen LogP contribution in [-0.2, 0) is 17.8 Å². The molecular formula is C18H17N5O. The highest BCUT2D eigenvalue weighted by molar-refractivity contribution is 5.87. The van der Waals surface area contributed by atoms with Gasteiger partial charge in [0.15, 0.2) is 0 Å². The third kappa shape index (κ3) is 3.58. The Labute approximate surface area is 139 Å². The lowest BCUT2D eigenvalue weighted by Crippen LogP contribution is -2.33. The summed E-state index contributed by atoms with van der Waals surface area (Å²) in [7, 11) is 0. The molecule has 3 aromatic rings. The monoisotopic (exact) mass is 319 g/mol. The highest BCUT2D eigenvalue weighted by atomic mass is 16.2. The predicted molar refractivity (Wildman–Crippen MR) is 89.7 cm³/mol. The van der Waals surface area contributed by atoms with E-state index in [4.69, 9.17) is 5.26 Å². The van der Waals surface area contributed by atoms with E-state index in [1.807, 2.05) is 42.5 Å². The largest absolute Gasteiger partial charge is 0.335 e. The molecule has 2 heterocycles. The van der Waals surface area contributed by atoms with E-state index in [0.717, 1.165) is 22.3 Å². The van der Waals surface area contributed by atoms with Gasteiger partial charge in [-0.2, -0.15) is 10.4 Å². The summed E-state index contributed by atoms with van der Waals surface area (Å²) in [5.41, 5.74) is 2.44. The fourth-order valence-corrected chi connectivity index (χ4v) is 2.58. The molecule has 24 heavy (non-hydrogen) atoms. The number of para-hydroxylation sites is 1. The number of hydrogen-bond acceptors (Lipinski definition) is 4. The maximum absolute atomic E-state index is 12.7. The van der Waals surface area contributed by atoms with Gasteiger partial charge in [0.25, 0.3) is 0 Å². The number of carbonyl (C=O) groups excluding carboxylic acids is 1. The maximum Gasteiger partial charge on any atom is 0.228 e. The second-order valence-corrected chi connectivity index (χ2v) is 5.44. The van der Waals surface area contributed by atoms with Crippen molar-refractivity contribution in [3.8, 4) is 6.07 Å². The molecule has 1 N–H and O–H groups in total. The summed E-state index contributed by atoms with van der Waals surface area (Å²) in [6.07, 6.45) is 2.21. The van der Waals surface area contributed by atoms with E-state index in [-0.39, 0.29) is 12.3 Å². The lowest BCUT2D eigenvalue weighted by molar-refractivity contribution is -0.131. The second-order valence-electron chi connectivity index (χ2n) is 5.44. The zero-order valence-corrected chi connectivity index (χ0v) is 13.1. The Morgan fingerprint density at radius 2 is 2.04 bits per heavy atom. The number of aromatic nitrogens is 3. The number of rotatable bonds is 6. The fraction of sp³-hybridized carbons (Fsp3) is 0.222. The molecule has 6 nitrogen and oxygen atoms in total. The first-order chi connectivity index (χ1) is 11.8. The van der Waals surface area contributed by atoms with Crippen LogP contribution in [0.2, 0.25) is 0 Å². The van der Waals surface area contributed by atoms with Crippen molar-refractivity contribution < 1.29 is 4.79 Å². The van der Waals surface area contributed by atoms with E-state index in [2.05, 4.69) is 21.3 Å². The molecule has 0 radical (unpaired) electrons. The first-order valence-corrected chi connectivity index (χ1v) is 7.74. The third-order valence-corrected chi connectivity index (χ3v) is 3.79. The molecule has 6 heteroatoms. The number of amides is 1. The number of pyridine rings is 1. The molecule has 0 spiro atoms. The number of H-pyrrole nitrogens is 1. The van der Waals surface area contributed by atoms with Crippen molar-refractivity contribution in [1.29, 1.82) is 5.26 Å². The smallest absolute Gasteiger partial charge is 0.228 e. The summed E-state index contributed by atoms with van der Waals surface area (Å²) in [6.45, 7) is 0.783. The molecule has 3 rings (SSSR count). The van der Waals surface area contributed by atoms with E-state index < -0.39 is 0 Å². The van der Waals surface area contributed by atoms with Crippen molar-refractivity contribution in [1.82, 2.24) is 20.1 Å². The molecule has 0 atom stereocenters. The summed E-state index contributed by atoms with van der Waals surface area (Å²) in [4.78, 5) is 18.6. The normalized spacial score (nSPS) is 10.5. The van der Waals surface area contributed by atoms with Crippen LogP contribution in [0, 0.1) is 11.3 Å². The molecule has 1 aromatic carbocycles. The summed E-state index contributed by atoms with van der Waals surface area (Å²) in [5, 5.41) is 16.9. The zero-order chi connectivity index (χ0) is 16.8. The number of aromatic amines is 1. The molecule has 0 aliphatic rings. The van der Waals surface area contributed by atoms with E-state index in [1.165, 1.54) is 0 Å². The van der Waals surface area contributed by atoms with Gasteiger partial charge in [0, 0.05) is 18.1 Å². The van der Waals surface area contributed by atoms with Crippen LogP contribution in [0.4, 0.5) is 0 Å². The lowest BCUT2D eigenvalue weighted by atomic mass is 10.1. The molecule has 1 amide bonds. The number of nitrogens with one attached hydrogen (secondary N) is 1. The van der Waals surface area contributed by atoms with Crippen LogP contribution in [0.1, 0.15) is 17.8 Å². The minimum Gasteiger partial charge on any atom is -0.335 e. The maximum atomic E-state index is 12.7. The molecule has 0 unspecified atom stereocenters. The second kappa shape index (κ2) is 7.38. The topological polar surface area (TPSA) is 85.7 Å². The molecule has 120 valence electrons. The average molecular weight is 319 g/mol. The van der Waals surface area contributed by atoms with E-state index in [0.29, 0.717) is 19.5 Å². The number of benzene rings is 1. The van der Waals surface area contributed by atoms with Crippen molar-refractivity contribution in [2.75, 3.05) is 6.54 Å². The minimum atomic E-state index is -0.0506. The highest BCUT2D eigenvalue weighted by Gasteiger charge is 2.17. The van der Waals surface area contributed by atoms with Gasteiger partial charge in [0.2, 0.25) is 5.91 Å². The average Bonchev–Trinajstić information content (AvgIpc) is 3.02. The Balaban J connectivity index is 1.76. The predicted octanol–water partition coefficient (Wildman–Crippen LogP) is 2.44. The molecule has 0 fully saturated rings. The Kier molecular flexibility index (Phi) is 4.82. The molecule has 0 bridgehead atoms. The summed E-state index contributed by atoms with van der Waals surface area (Å²) < 4.78 is 0. The van der Waals surface area contributed by atoms with Gasteiger partial charge < -0.3 is 4.90 Å². The van der Waals surface area contributed by atoms with Gasteiger partial charge in [0.05, 0.1) is 42.4 Å². The van der Waals surface area contributed by atoms with Crippen LogP contribution in [0.25, 0.3) is 10.9 Å². The summed E-state index contributed by atoms with van der Waals surface area (Å²) in [6, 6.07) is 15.4. The van der Waals surface area contributed by atoms with Crippen LogP contribution in [-0.4, -0.2) is 32.5 Å².